The van der Waals surface area contributed by atoms with Gasteiger partial charge in [0.15, 0.2) is 5.65 Å². The van der Waals surface area contributed by atoms with Crippen LogP contribution in [-0.2, 0) is 4.74 Å². The summed E-state index contributed by atoms with van der Waals surface area (Å²) in [5.74, 6) is 0. The molecule has 3 N–H and O–H groups in total. The highest BCUT2D eigenvalue weighted by Crippen LogP contribution is 2.41. The number of nitrogens with one attached hydrogen (secondary N) is 1. The highest BCUT2D eigenvalue weighted by molar-refractivity contribution is 5.88. The van der Waals surface area contributed by atoms with Gasteiger partial charge in [0.1, 0.15) is 11.7 Å². The summed E-state index contributed by atoms with van der Waals surface area (Å²) in [6, 6.07) is 1.99. The van der Waals surface area contributed by atoms with Gasteiger partial charge in [-0.05, 0) is 25.8 Å². The summed E-state index contributed by atoms with van der Waals surface area (Å²) in [7, 11) is 0. The number of aliphatic hydroxyl groups excluding tert-OH is 1. The van der Waals surface area contributed by atoms with Gasteiger partial charge in [-0.3, -0.25) is 5.10 Å². The quantitative estimate of drug-likeness (QED) is 0.721. The van der Waals surface area contributed by atoms with E-state index in [-0.39, 0.29) is 0 Å². The molecule has 1 spiro atoms. The summed E-state index contributed by atoms with van der Waals surface area (Å²) in [6.45, 7) is 3.71. The smallest absolute Gasteiger partial charge is 0.157 e. The molecule has 2 saturated heterocycles. The maximum atomic E-state index is 10.6. The van der Waals surface area contributed by atoms with Crippen molar-refractivity contribution in [2.45, 2.75) is 43.5 Å². The molecule has 4 rings (SSSR count). The molecular weight excluding hydrogens is 296 g/mol. The van der Waals surface area contributed by atoms with Gasteiger partial charge in [0, 0.05) is 25.7 Å². The van der Waals surface area contributed by atoms with Gasteiger partial charge in [-0.2, -0.15) is 5.10 Å². The molecule has 4 heterocycles. The van der Waals surface area contributed by atoms with Crippen LogP contribution in [0.4, 0.5) is 5.69 Å². The number of aromatic nitrogens is 3. The minimum atomic E-state index is -1.07. The molecule has 0 aliphatic carbocycles. The van der Waals surface area contributed by atoms with Gasteiger partial charge in [0.2, 0.25) is 0 Å². The number of nitrogens with zero attached hydrogens (tertiary/aromatic N) is 3. The fourth-order valence-corrected chi connectivity index (χ4v) is 3.90. The minimum Gasteiger partial charge on any atom is -0.387 e. The van der Waals surface area contributed by atoms with Crippen molar-refractivity contribution in [2.24, 2.45) is 0 Å². The standard InChI is InChI=1S/C16H22N4O3/c1-15(22)5-9-23-16(14(15)21)3-7-20(8-4-16)12-2-6-17-13-11(12)10-18-19-13/h2,6,10,14,21-22H,3-5,7-9H2,1H3,(H,17,18,19)/t14-,15+/m0/s1. The number of rotatable bonds is 1. The molecule has 7 nitrogen and oxygen atoms in total. The van der Waals surface area contributed by atoms with Crippen LogP contribution < -0.4 is 4.90 Å². The van der Waals surface area contributed by atoms with Crippen LogP contribution in [0.15, 0.2) is 18.5 Å². The average Bonchev–Trinajstić information content (AvgIpc) is 3.02. The number of fused-ring (bicyclic) bond motifs is 1. The van der Waals surface area contributed by atoms with Crippen molar-refractivity contribution in [3.8, 4) is 0 Å². The Morgan fingerprint density at radius 1 is 1.35 bits per heavy atom. The van der Waals surface area contributed by atoms with E-state index in [2.05, 4.69) is 20.1 Å². The van der Waals surface area contributed by atoms with Crippen LogP contribution in [-0.4, -0.2) is 62.4 Å². The summed E-state index contributed by atoms with van der Waals surface area (Å²) < 4.78 is 5.94. The first kappa shape index (κ1) is 14.9. The molecule has 0 amide bonds. The second-order valence-electron chi connectivity index (χ2n) is 6.87. The maximum absolute atomic E-state index is 10.6. The number of piperidine rings is 1. The van der Waals surface area contributed by atoms with Crippen molar-refractivity contribution in [3.63, 3.8) is 0 Å². The topological polar surface area (TPSA) is 94.5 Å². The SMILES string of the molecule is C[C@@]1(O)CCOC2(CCN(c3ccnc4[nH]ncc34)CC2)[C@H]1O. The molecule has 0 aromatic carbocycles. The average molecular weight is 318 g/mol. The predicted molar refractivity (Wildman–Crippen MR) is 85.3 cm³/mol. The molecule has 2 fully saturated rings. The van der Waals surface area contributed by atoms with E-state index < -0.39 is 17.3 Å². The first-order valence-electron chi connectivity index (χ1n) is 8.09. The number of aromatic amines is 1. The Balaban J connectivity index is 1.56. The lowest BCUT2D eigenvalue weighted by molar-refractivity contribution is -0.239. The van der Waals surface area contributed by atoms with Crippen LogP contribution >= 0.6 is 0 Å². The van der Waals surface area contributed by atoms with Crippen molar-refractivity contribution in [3.05, 3.63) is 18.5 Å². The maximum Gasteiger partial charge on any atom is 0.157 e. The number of hydrogen-bond donors (Lipinski definition) is 3. The molecule has 2 atom stereocenters. The van der Waals surface area contributed by atoms with Gasteiger partial charge in [0.25, 0.3) is 0 Å². The van der Waals surface area contributed by atoms with Crippen LogP contribution in [0.25, 0.3) is 11.0 Å². The third-order valence-corrected chi connectivity index (χ3v) is 5.37. The Kier molecular flexibility index (Phi) is 3.33. The highest BCUT2D eigenvalue weighted by Gasteiger charge is 2.52. The van der Waals surface area contributed by atoms with Crippen LogP contribution in [0, 0.1) is 0 Å². The molecular formula is C16H22N4O3. The van der Waals surface area contributed by atoms with Gasteiger partial charge in [-0.1, -0.05) is 0 Å². The normalized spacial score (nSPS) is 30.9. The van der Waals surface area contributed by atoms with E-state index in [0.29, 0.717) is 25.9 Å². The van der Waals surface area contributed by atoms with E-state index >= 15 is 0 Å². The Labute approximate surface area is 134 Å². The summed E-state index contributed by atoms with van der Waals surface area (Å²) in [4.78, 5) is 6.54. The van der Waals surface area contributed by atoms with Crippen LogP contribution in [0.2, 0.25) is 0 Å². The molecule has 0 unspecified atom stereocenters. The Bertz CT molecular complexity index is 706. The van der Waals surface area contributed by atoms with Crippen LogP contribution in [0.3, 0.4) is 0 Å². The Morgan fingerprint density at radius 2 is 2.13 bits per heavy atom. The molecule has 0 radical (unpaired) electrons. The van der Waals surface area contributed by atoms with Gasteiger partial charge in [0.05, 0.1) is 29.5 Å². The molecule has 2 aliphatic heterocycles. The highest BCUT2D eigenvalue weighted by atomic mass is 16.5. The predicted octanol–water partition coefficient (Wildman–Crippen LogP) is 0.829. The third-order valence-electron chi connectivity index (χ3n) is 5.37. The first-order valence-corrected chi connectivity index (χ1v) is 8.09. The first-order chi connectivity index (χ1) is 11.0. The van der Waals surface area contributed by atoms with Gasteiger partial charge in [-0.15, -0.1) is 0 Å². The molecule has 2 aromatic rings. The van der Waals surface area contributed by atoms with E-state index in [9.17, 15) is 10.2 Å². The fourth-order valence-electron chi connectivity index (χ4n) is 3.90. The Hall–Kier alpha value is -1.70. The molecule has 0 saturated carbocycles. The van der Waals surface area contributed by atoms with E-state index in [1.54, 1.807) is 19.3 Å². The van der Waals surface area contributed by atoms with Gasteiger partial charge in [-0.25, -0.2) is 4.98 Å². The second-order valence-corrected chi connectivity index (χ2v) is 6.87. The third kappa shape index (κ3) is 2.31. The van der Waals surface area contributed by atoms with Gasteiger partial charge >= 0.3 is 0 Å². The molecule has 7 heteroatoms. The molecule has 2 aliphatic rings. The molecule has 124 valence electrons. The van der Waals surface area contributed by atoms with E-state index in [0.717, 1.165) is 29.8 Å². The van der Waals surface area contributed by atoms with E-state index in [4.69, 9.17) is 4.74 Å². The summed E-state index contributed by atoms with van der Waals surface area (Å²) >= 11 is 0. The monoisotopic (exact) mass is 318 g/mol. The molecule has 0 bridgehead atoms. The Morgan fingerprint density at radius 3 is 2.91 bits per heavy atom. The number of aliphatic hydroxyl groups is 2. The fraction of sp³-hybridized carbons (Fsp3) is 0.625. The van der Waals surface area contributed by atoms with Crippen molar-refractivity contribution in [2.75, 3.05) is 24.6 Å². The summed E-state index contributed by atoms with van der Waals surface area (Å²) in [5, 5.41) is 28.9. The number of ether oxygens (including phenoxy) is 1. The van der Waals surface area contributed by atoms with Crippen LogP contribution in [0.5, 0.6) is 0 Å². The molecule has 2 aromatic heterocycles. The van der Waals surface area contributed by atoms with Crippen molar-refractivity contribution >= 4 is 16.7 Å². The number of hydrogen-bond acceptors (Lipinski definition) is 6. The number of H-pyrrole nitrogens is 1. The lowest BCUT2D eigenvalue weighted by Crippen LogP contribution is -2.64. The van der Waals surface area contributed by atoms with Gasteiger partial charge < -0.3 is 19.8 Å². The zero-order valence-corrected chi connectivity index (χ0v) is 13.2. The van der Waals surface area contributed by atoms with Crippen molar-refractivity contribution < 1.29 is 14.9 Å². The zero-order chi connectivity index (χ0) is 16.1. The minimum absolute atomic E-state index is 0.472. The molecule has 23 heavy (non-hydrogen) atoms. The largest absolute Gasteiger partial charge is 0.387 e. The van der Waals surface area contributed by atoms with Crippen molar-refractivity contribution in [1.29, 1.82) is 0 Å². The second kappa shape index (κ2) is 5.15. The van der Waals surface area contributed by atoms with E-state index in [1.807, 2.05) is 6.07 Å². The summed E-state index contributed by atoms with van der Waals surface area (Å²) in [6.07, 6.45) is 4.56. The van der Waals surface area contributed by atoms with Crippen LogP contribution in [0.1, 0.15) is 26.2 Å². The summed E-state index contributed by atoms with van der Waals surface area (Å²) in [5.41, 5.74) is 0.158. The number of pyridine rings is 1. The van der Waals surface area contributed by atoms with Crippen molar-refractivity contribution in [1.82, 2.24) is 15.2 Å². The number of anilines is 1. The zero-order valence-electron chi connectivity index (χ0n) is 13.2. The lowest BCUT2D eigenvalue weighted by Gasteiger charge is -2.52. The lowest BCUT2D eigenvalue weighted by atomic mass is 9.75. The van der Waals surface area contributed by atoms with E-state index in [1.165, 1.54) is 0 Å².